The molecule has 0 saturated carbocycles. The molecule has 23 heavy (non-hydrogen) atoms. The summed E-state index contributed by atoms with van der Waals surface area (Å²) >= 11 is 6.09. The molecule has 0 atom stereocenters. The van der Waals surface area contributed by atoms with Crippen LogP contribution in [0.5, 0.6) is 0 Å². The molecule has 2 N–H and O–H groups in total. The van der Waals surface area contributed by atoms with E-state index >= 15 is 0 Å². The number of aromatic nitrogens is 3. The van der Waals surface area contributed by atoms with Crippen LogP contribution in [0, 0.1) is 0 Å². The van der Waals surface area contributed by atoms with E-state index < -0.39 is 0 Å². The topological polar surface area (TPSA) is 53.6 Å². The molecule has 0 radical (unpaired) electrons. The van der Waals surface area contributed by atoms with Gasteiger partial charge >= 0.3 is 0 Å². The van der Waals surface area contributed by atoms with Gasteiger partial charge in [-0.25, -0.2) is 0 Å². The second kappa shape index (κ2) is 5.74. The molecule has 0 saturated heterocycles. The van der Waals surface area contributed by atoms with Crippen LogP contribution < -0.4 is 5.32 Å². The number of fused-ring (bicyclic) bond motifs is 1. The highest BCUT2D eigenvalue weighted by Gasteiger charge is 2.13. The quantitative estimate of drug-likeness (QED) is 0.557. The van der Waals surface area contributed by atoms with Gasteiger partial charge in [0.25, 0.3) is 0 Å². The van der Waals surface area contributed by atoms with Gasteiger partial charge in [0.2, 0.25) is 0 Å². The molecule has 1 aromatic carbocycles. The number of hydrogen-bond acceptors (Lipinski definition) is 3. The number of benzene rings is 1. The molecule has 3 heterocycles. The van der Waals surface area contributed by atoms with Crippen LogP contribution >= 0.6 is 11.6 Å². The van der Waals surface area contributed by atoms with Gasteiger partial charge in [0, 0.05) is 40.3 Å². The third kappa shape index (κ3) is 2.64. The van der Waals surface area contributed by atoms with Crippen molar-refractivity contribution in [2.75, 3.05) is 5.32 Å². The normalized spacial score (nSPS) is 10.8. The molecule has 0 bridgehead atoms. The van der Waals surface area contributed by atoms with E-state index in [1.165, 1.54) is 0 Å². The largest absolute Gasteiger partial charge is 0.353 e. The van der Waals surface area contributed by atoms with Crippen molar-refractivity contribution in [1.82, 2.24) is 15.0 Å². The number of nitrogens with one attached hydrogen (secondary N) is 2. The van der Waals surface area contributed by atoms with Crippen LogP contribution in [-0.2, 0) is 0 Å². The third-order valence-corrected chi connectivity index (χ3v) is 3.90. The summed E-state index contributed by atoms with van der Waals surface area (Å²) in [5.41, 5.74) is 4.96. The minimum atomic E-state index is 0.696. The first kappa shape index (κ1) is 13.8. The van der Waals surface area contributed by atoms with Crippen molar-refractivity contribution < 1.29 is 0 Å². The Bertz CT molecular complexity index is 963. The first-order chi connectivity index (χ1) is 11.3. The Morgan fingerprint density at radius 1 is 0.957 bits per heavy atom. The molecule has 4 aromatic rings. The average molecular weight is 321 g/mol. The lowest BCUT2D eigenvalue weighted by atomic mass is 10.1. The van der Waals surface area contributed by atoms with E-state index in [9.17, 15) is 0 Å². The maximum absolute atomic E-state index is 6.09. The lowest BCUT2D eigenvalue weighted by Crippen LogP contribution is -1.92. The second-order valence-electron chi connectivity index (χ2n) is 5.17. The summed E-state index contributed by atoms with van der Waals surface area (Å²) in [6, 6.07) is 13.6. The van der Waals surface area contributed by atoms with E-state index in [1.807, 2.05) is 48.7 Å². The fraction of sp³-hybridized carbons (Fsp3) is 0. The van der Waals surface area contributed by atoms with Gasteiger partial charge in [-0.05, 0) is 36.4 Å². The van der Waals surface area contributed by atoms with Crippen LogP contribution in [0.25, 0.3) is 22.2 Å². The molecule has 0 aliphatic heterocycles. The zero-order valence-electron chi connectivity index (χ0n) is 12.1. The summed E-state index contributed by atoms with van der Waals surface area (Å²) < 4.78 is 0. The summed E-state index contributed by atoms with van der Waals surface area (Å²) in [7, 11) is 0. The summed E-state index contributed by atoms with van der Waals surface area (Å²) in [5.74, 6) is 0. The molecule has 0 aliphatic carbocycles. The Morgan fingerprint density at radius 3 is 2.61 bits per heavy atom. The number of pyridine rings is 2. The summed E-state index contributed by atoms with van der Waals surface area (Å²) in [6.45, 7) is 0. The van der Waals surface area contributed by atoms with Crippen LogP contribution in [-0.4, -0.2) is 15.0 Å². The highest BCUT2D eigenvalue weighted by Crippen LogP contribution is 2.36. The molecule has 112 valence electrons. The molecule has 4 nitrogen and oxygen atoms in total. The van der Waals surface area contributed by atoms with Gasteiger partial charge in [0.15, 0.2) is 0 Å². The monoisotopic (exact) mass is 320 g/mol. The average Bonchev–Trinajstić information content (AvgIpc) is 2.95. The maximum atomic E-state index is 6.09. The van der Waals surface area contributed by atoms with E-state index in [0.29, 0.717) is 5.02 Å². The van der Waals surface area contributed by atoms with E-state index in [0.717, 1.165) is 33.5 Å². The number of aromatic amines is 1. The van der Waals surface area contributed by atoms with Crippen molar-refractivity contribution in [3.8, 4) is 11.3 Å². The zero-order valence-corrected chi connectivity index (χ0v) is 12.9. The Kier molecular flexibility index (Phi) is 3.44. The van der Waals surface area contributed by atoms with E-state index in [1.54, 1.807) is 18.6 Å². The molecule has 3 aromatic heterocycles. The molecule has 4 rings (SSSR count). The fourth-order valence-corrected chi connectivity index (χ4v) is 2.81. The van der Waals surface area contributed by atoms with Gasteiger partial charge in [-0.15, -0.1) is 0 Å². The lowest BCUT2D eigenvalue weighted by Gasteiger charge is -2.09. The van der Waals surface area contributed by atoms with Crippen LogP contribution in [0.1, 0.15) is 0 Å². The molecular weight excluding hydrogens is 308 g/mol. The molecule has 0 spiro atoms. The van der Waals surface area contributed by atoms with Crippen molar-refractivity contribution in [2.45, 2.75) is 0 Å². The maximum Gasteiger partial charge on any atom is 0.0725 e. The van der Waals surface area contributed by atoms with Crippen molar-refractivity contribution in [1.29, 1.82) is 0 Å². The number of rotatable bonds is 3. The highest BCUT2D eigenvalue weighted by molar-refractivity contribution is 6.30. The molecule has 0 amide bonds. The number of anilines is 2. The molecule has 5 heteroatoms. The number of H-pyrrole nitrogens is 1. The van der Waals surface area contributed by atoms with Gasteiger partial charge < -0.3 is 10.3 Å². The smallest absolute Gasteiger partial charge is 0.0725 e. The van der Waals surface area contributed by atoms with Crippen LogP contribution in [0.4, 0.5) is 11.4 Å². The van der Waals surface area contributed by atoms with Gasteiger partial charge in [-0.3, -0.25) is 9.97 Å². The van der Waals surface area contributed by atoms with Crippen molar-refractivity contribution in [3.63, 3.8) is 0 Å². The zero-order chi connectivity index (χ0) is 15.6. The molecular formula is C18H13ClN4. The first-order valence-corrected chi connectivity index (χ1v) is 7.58. The molecule has 0 fully saturated rings. The van der Waals surface area contributed by atoms with Gasteiger partial charge in [-0.1, -0.05) is 17.7 Å². The third-order valence-electron chi connectivity index (χ3n) is 3.66. The van der Waals surface area contributed by atoms with Crippen LogP contribution in [0.15, 0.2) is 67.3 Å². The highest BCUT2D eigenvalue weighted by atomic mass is 35.5. The van der Waals surface area contributed by atoms with Gasteiger partial charge in [-0.2, -0.15) is 0 Å². The van der Waals surface area contributed by atoms with Crippen LogP contribution in [0.3, 0.4) is 0 Å². The predicted molar refractivity (Wildman–Crippen MR) is 94.1 cm³/mol. The summed E-state index contributed by atoms with van der Waals surface area (Å²) in [6.07, 6.45) is 7.17. The van der Waals surface area contributed by atoms with Crippen molar-refractivity contribution >= 4 is 33.9 Å². The summed E-state index contributed by atoms with van der Waals surface area (Å²) in [5, 5.41) is 5.24. The summed E-state index contributed by atoms with van der Waals surface area (Å²) in [4.78, 5) is 11.7. The minimum Gasteiger partial charge on any atom is -0.353 e. The standard InChI is InChI=1S/C18H13ClN4/c19-13-2-1-3-14(10-13)22-18-15-6-9-21-11-16(15)23-17(18)12-4-7-20-8-5-12/h1-11,22-23H. The molecule has 0 aliphatic rings. The Morgan fingerprint density at radius 2 is 1.78 bits per heavy atom. The first-order valence-electron chi connectivity index (χ1n) is 7.20. The van der Waals surface area contributed by atoms with E-state index in [-0.39, 0.29) is 0 Å². The SMILES string of the molecule is Clc1cccc(Nc2c(-c3ccncc3)[nH]c3cnccc23)c1. The second-order valence-corrected chi connectivity index (χ2v) is 5.60. The molecule has 0 unspecified atom stereocenters. The lowest BCUT2D eigenvalue weighted by molar-refractivity contribution is 1.31. The Labute approximate surface area is 138 Å². The number of hydrogen-bond donors (Lipinski definition) is 2. The van der Waals surface area contributed by atoms with Crippen molar-refractivity contribution in [3.05, 3.63) is 72.3 Å². The Balaban J connectivity index is 1.89. The number of halogens is 1. The minimum absolute atomic E-state index is 0.696. The van der Waals surface area contributed by atoms with Crippen LogP contribution in [0.2, 0.25) is 5.02 Å². The van der Waals surface area contributed by atoms with E-state index in [2.05, 4.69) is 20.3 Å². The van der Waals surface area contributed by atoms with Gasteiger partial charge in [0.1, 0.15) is 0 Å². The van der Waals surface area contributed by atoms with Crippen molar-refractivity contribution in [2.24, 2.45) is 0 Å². The Hall–Kier alpha value is -2.85. The fourth-order valence-electron chi connectivity index (χ4n) is 2.62. The van der Waals surface area contributed by atoms with E-state index in [4.69, 9.17) is 11.6 Å². The predicted octanol–water partition coefficient (Wildman–Crippen LogP) is 5.02. The van der Waals surface area contributed by atoms with Gasteiger partial charge in [0.05, 0.1) is 23.1 Å². The number of nitrogens with zero attached hydrogens (tertiary/aromatic N) is 2.